The molecule has 8 nitrogen and oxygen atoms in total. The lowest BCUT2D eigenvalue weighted by Crippen LogP contribution is -2.39. The summed E-state index contributed by atoms with van der Waals surface area (Å²) in [5.41, 5.74) is 1.19. The normalized spacial score (nSPS) is 15.3. The lowest BCUT2D eigenvalue weighted by molar-refractivity contribution is 0.0917. The molecule has 3 aromatic rings. The first-order valence-electron chi connectivity index (χ1n) is 10.6. The molecule has 8 heteroatoms. The van der Waals surface area contributed by atoms with Gasteiger partial charge >= 0.3 is 0 Å². The fourth-order valence-electron chi connectivity index (χ4n) is 3.75. The Morgan fingerprint density at radius 3 is 2.97 bits per heavy atom. The molecule has 2 aromatic heterocycles. The van der Waals surface area contributed by atoms with Gasteiger partial charge in [0.1, 0.15) is 12.4 Å². The van der Waals surface area contributed by atoms with Gasteiger partial charge in [-0.15, -0.1) is 0 Å². The van der Waals surface area contributed by atoms with Gasteiger partial charge in [0.2, 0.25) is 0 Å². The SMILES string of the molecule is COCCN1CCC(CNC(=O)c2cc(COc3ccc4ncccc4c3)on2)CC1. The molecule has 0 bridgehead atoms. The second-order valence-corrected chi connectivity index (χ2v) is 7.81. The fraction of sp³-hybridized carbons (Fsp3) is 0.435. The fourth-order valence-corrected chi connectivity index (χ4v) is 3.75. The number of hydrogen-bond donors (Lipinski definition) is 1. The third kappa shape index (κ3) is 5.80. The number of nitrogens with zero attached hydrogens (tertiary/aromatic N) is 3. The Bertz CT molecular complexity index is 998. The zero-order valence-electron chi connectivity index (χ0n) is 17.8. The Morgan fingerprint density at radius 2 is 2.13 bits per heavy atom. The van der Waals surface area contributed by atoms with Crippen molar-refractivity contribution >= 4 is 16.8 Å². The number of carbonyl (C=O) groups excluding carboxylic acids is 1. The standard InChI is InChI=1S/C23H28N4O4/c1-29-12-11-27-9-6-17(7-10-27)15-25-23(28)22-14-20(31-26-22)16-30-19-4-5-21-18(13-19)3-2-8-24-21/h2-5,8,13-14,17H,6-7,9-12,15-16H2,1H3,(H,25,28). The van der Waals surface area contributed by atoms with Gasteiger partial charge in [-0.3, -0.25) is 9.78 Å². The Kier molecular flexibility index (Phi) is 7.11. The van der Waals surface area contributed by atoms with E-state index in [0.29, 0.717) is 24.0 Å². The van der Waals surface area contributed by atoms with Crippen LogP contribution in [0.3, 0.4) is 0 Å². The van der Waals surface area contributed by atoms with E-state index in [1.54, 1.807) is 19.4 Å². The summed E-state index contributed by atoms with van der Waals surface area (Å²) in [6.45, 7) is 4.67. The van der Waals surface area contributed by atoms with Gasteiger partial charge in [0, 0.05) is 37.8 Å². The van der Waals surface area contributed by atoms with E-state index in [0.717, 1.165) is 50.0 Å². The summed E-state index contributed by atoms with van der Waals surface area (Å²) in [4.78, 5) is 19.1. The lowest BCUT2D eigenvalue weighted by atomic mass is 9.97. The molecule has 0 radical (unpaired) electrons. The Hall–Kier alpha value is -2.97. The van der Waals surface area contributed by atoms with Crippen molar-refractivity contribution in [3.63, 3.8) is 0 Å². The lowest BCUT2D eigenvalue weighted by Gasteiger charge is -2.31. The van der Waals surface area contributed by atoms with Crippen molar-refractivity contribution in [1.82, 2.24) is 20.4 Å². The summed E-state index contributed by atoms with van der Waals surface area (Å²) >= 11 is 0. The number of hydrogen-bond acceptors (Lipinski definition) is 7. The van der Waals surface area contributed by atoms with E-state index in [2.05, 4.69) is 20.4 Å². The van der Waals surface area contributed by atoms with E-state index in [4.69, 9.17) is 14.0 Å². The molecule has 1 N–H and O–H groups in total. The van der Waals surface area contributed by atoms with Gasteiger partial charge in [-0.1, -0.05) is 11.2 Å². The zero-order chi connectivity index (χ0) is 21.5. The van der Waals surface area contributed by atoms with Gasteiger partial charge in [0.05, 0.1) is 12.1 Å². The molecule has 0 saturated carbocycles. The van der Waals surface area contributed by atoms with Crippen LogP contribution in [0, 0.1) is 5.92 Å². The number of aromatic nitrogens is 2. The summed E-state index contributed by atoms with van der Waals surface area (Å²) in [5, 5.41) is 7.87. The van der Waals surface area contributed by atoms with Crippen LogP contribution in [0.5, 0.6) is 5.75 Å². The molecule has 1 fully saturated rings. The molecule has 0 spiro atoms. The predicted octanol–water partition coefficient (Wildman–Crippen LogP) is 2.89. The largest absolute Gasteiger partial charge is 0.486 e. The maximum Gasteiger partial charge on any atom is 0.273 e. The molecule has 1 aromatic carbocycles. The molecular weight excluding hydrogens is 396 g/mol. The zero-order valence-corrected chi connectivity index (χ0v) is 17.8. The number of nitrogens with one attached hydrogen (secondary N) is 1. The predicted molar refractivity (Wildman–Crippen MR) is 116 cm³/mol. The molecule has 0 unspecified atom stereocenters. The van der Waals surface area contributed by atoms with Gasteiger partial charge in [0.25, 0.3) is 5.91 Å². The average molecular weight is 425 g/mol. The first-order chi connectivity index (χ1) is 15.2. The number of benzene rings is 1. The van der Waals surface area contributed by atoms with E-state index >= 15 is 0 Å². The number of rotatable bonds is 9. The van der Waals surface area contributed by atoms with E-state index in [-0.39, 0.29) is 18.2 Å². The summed E-state index contributed by atoms with van der Waals surface area (Å²) in [6, 6.07) is 11.2. The topological polar surface area (TPSA) is 89.7 Å². The first-order valence-corrected chi connectivity index (χ1v) is 10.6. The number of amides is 1. The van der Waals surface area contributed by atoms with Gasteiger partial charge in [-0.05, 0) is 56.1 Å². The van der Waals surface area contributed by atoms with Crippen LogP contribution in [-0.2, 0) is 11.3 Å². The number of carbonyl (C=O) groups is 1. The maximum atomic E-state index is 12.4. The quantitative estimate of drug-likeness (QED) is 0.565. The Balaban J connectivity index is 1.22. The van der Waals surface area contributed by atoms with Crippen LogP contribution in [0.4, 0.5) is 0 Å². The smallest absolute Gasteiger partial charge is 0.273 e. The van der Waals surface area contributed by atoms with Gasteiger partial charge in [-0.25, -0.2) is 0 Å². The Labute approximate surface area is 181 Å². The van der Waals surface area contributed by atoms with Crippen molar-refractivity contribution in [3.8, 4) is 5.75 Å². The second kappa shape index (κ2) is 10.4. The molecule has 1 aliphatic rings. The molecule has 1 aliphatic heterocycles. The van der Waals surface area contributed by atoms with Crippen LogP contribution >= 0.6 is 0 Å². The summed E-state index contributed by atoms with van der Waals surface area (Å²) in [6.07, 6.45) is 3.91. The number of fused-ring (bicyclic) bond motifs is 1. The number of ether oxygens (including phenoxy) is 2. The molecule has 3 heterocycles. The minimum absolute atomic E-state index is 0.200. The van der Waals surface area contributed by atoms with Crippen LogP contribution in [0.1, 0.15) is 29.1 Å². The van der Waals surface area contributed by atoms with Crippen molar-refractivity contribution < 1.29 is 18.8 Å². The highest BCUT2D eigenvalue weighted by Crippen LogP contribution is 2.20. The minimum atomic E-state index is -0.214. The van der Waals surface area contributed by atoms with E-state index in [1.807, 2.05) is 30.3 Å². The monoisotopic (exact) mass is 424 g/mol. The number of methoxy groups -OCH3 is 1. The van der Waals surface area contributed by atoms with Gasteiger partial charge in [0.15, 0.2) is 11.5 Å². The van der Waals surface area contributed by atoms with Crippen LogP contribution in [0.25, 0.3) is 10.9 Å². The van der Waals surface area contributed by atoms with Gasteiger partial charge < -0.3 is 24.2 Å². The molecule has 0 aliphatic carbocycles. The highest BCUT2D eigenvalue weighted by molar-refractivity contribution is 5.92. The van der Waals surface area contributed by atoms with Crippen LogP contribution in [0.15, 0.2) is 47.1 Å². The van der Waals surface area contributed by atoms with Crippen molar-refractivity contribution in [2.45, 2.75) is 19.4 Å². The van der Waals surface area contributed by atoms with Crippen LogP contribution in [-0.4, -0.2) is 60.8 Å². The van der Waals surface area contributed by atoms with Gasteiger partial charge in [-0.2, -0.15) is 0 Å². The molecule has 31 heavy (non-hydrogen) atoms. The second-order valence-electron chi connectivity index (χ2n) is 7.81. The minimum Gasteiger partial charge on any atom is -0.486 e. The highest BCUT2D eigenvalue weighted by atomic mass is 16.5. The average Bonchev–Trinajstić information content (AvgIpc) is 3.29. The molecule has 4 rings (SSSR count). The third-order valence-corrected chi connectivity index (χ3v) is 5.62. The first kappa shape index (κ1) is 21.3. The number of likely N-dealkylation sites (tertiary alicyclic amines) is 1. The van der Waals surface area contributed by atoms with Crippen LogP contribution < -0.4 is 10.1 Å². The van der Waals surface area contributed by atoms with Crippen molar-refractivity contribution in [3.05, 3.63) is 54.0 Å². The van der Waals surface area contributed by atoms with Crippen molar-refractivity contribution in [2.75, 3.05) is 39.9 Å². The van der Waals surface area contributed by atoms with Crippen molar-refractivity contribution in [2.24, 2.45) is 5.92 Å². The third-order valence-electron chi connectivity index (χ3n) is 5.62. The molecular formula is C23H28N4O4. The van der Waals surface area contributed by atoms with Crippen LogP contribution in [0.2, 0.25) is 0 Å². The molecule has 164 valence electrons. The molecule has 1 amide bonds. The van der Waals surface area contributed by atoms with E-state index in [9.17, 15) is 4.79 Å². The number of piperidine rings is 1. The summed E-state index contributed by atoms with van der Waals surface area (Å²) in [7, 11) is 1.73. The maximum absolute atomic E-state index is 12.4. The molecule has 1 saturated heterocycles. The van der Waals surface area contributed by atoms with Crippen molar-refractivity contribution in [1.29, 1.82) is 0 Å². The van der Waals surface area contributed by atoms with E-state index in [1.165, 1.54) is 0 Å². The number of pyridine rings is 1. The van der Waals surface area contributed by atoms with E-state index < -0.39 is 0 Å². The highest BCUT2D eigenvalue weighted by Gasteiger charge is 2.20. The Morgan fingerprint density at radius 1 is 1.26 bits per heavy atom. The molecule has 0 atom stereocenters. The summed E-state index contributed by atoms with van der Waals surface area (Å²) in [5.74, 6) is 1.48. The summed E-state index contributed by atoms with van der Waals surface area (Å²) < 4.78 is 16.2.